The van der Waals surface area contributed by atoms with Gasteiger partial charge in [0.25, 0.3) is 0 Å². The second-order valence-electron chi connectivity index (χ2n) is 4.63. The van der Waals surface area contributed by atoms with E-state index < -0.39 is 0 Å². The van der Waals surface area contributed by atoms with Gasteiger partial charge in [-0.1, -0.05) is 25.5 Å². The minimum Gasteiger partial charge on any atom is -0.395 e. The van der Waals surface area contributed by atoms with Crippen molar-refractivity contribution in [3.8, 4) is 0 Å². The molecule has 0 atom stereocenters. The molecule has 0 spiro atoms. The lowest BCUT2D eigenvalue weighted by Crippen LogP contribution is -2.37. The van der Waals surface area contributed by atoms with Crippen molar-refractivity contribution < 1.29 is 14.6 Å². The summed E-state index contributed by atoms with van der Waals surface area (Å²) in [7, 11) is 1.64. The summed E-state index contributed by atoms with van der Waals surface area (Å²) in [4.78, 5) is 13.8. The topological polar surface area (TPSA) is 61.8 Å². The molecule has 1 rings (SSSR count). The number of methoxy groups -OCH3 is 1. The van der Waals surface area contributed by atoms with Crippen molar-refractivity contribution in [3.63, 3.8) is 0 Å². The lowest BCUT2D eigenvalue weighted by Gasteiger charge is -2.22. The standard InChI is InChI=1S/C15H24N2O3/c1-3-4-8-17(9-10-18)15(19)16-14-7-5-6-13(11-14)12-20-2/h5-7,11,18H,3-4,8-10,12H2,1-2H3,(H,16,19). The summed E-state index contributed by atoms with van der Waals surface area (Å²) in [5.74, 6) is 0. The summed E-state index contributed by atoms with van der Waals surface area (Å²) in [5, 5.41) is 11.9. The van der Waals surface area contributed by atoms with Gasteiger partial charge in [-0.3, -0.25) is 0 Å². The SMILES string of the molecule is CCCCN(CCO)C(=O)Nc1cccc(COC)c1. The van der Waals surface area contributed by atoms with Crippen molar-refractivity contribution in [3.05, 3.63) is 29.8 Å². The second kappa shape index (κ2) is 9.34. The van der Waals surface area contributed by atoms with Gasteiger partial charge in [0, 0.05) is 25.9 Å². The van der Waals surface area contributed by atoms with Crippen LogP contribution in [0.3, 0.4) is 0 Å². The minimum absolute atomic E-state index is 0.0269. The smallest absolute Gasteiger partial charge is 0.321 e. The third-order valence-corrected chi connectivity index (χ3v) is 2.93. The average Bonchev–Trinajstić information content (AvgIpc) is 2.44. The van der Waals surface area contributed by atoms with Crippen LogP contribution >= 0.6 is 0 Å². The molecule has 0 aliphatic heterocycles. The van der Waals surface area contributed by atoms with Crippen LogP contribution in [-0.4, -0.2) is 42.8 Å². The molecule has 5 nitrogen and oxygen atoms in total. The van der Waals surface area contributed by atoms with E-state index >= 15 is 0 Å². The normalized spacial score (nSPS) is 10.3. The predicted molar refractivity (Wildman–Crippen MR) is 79.7 cm³/mol. The van der Waals surface area contributed by atoms with E-state index in [1.54, 1.807) is 12.0 Å². The van der Waals surface area contributed by atoms with E-state index in [1.807, 2.05) is 24.3 Å². The van der Waals surface area contributed by atoms with E-state index in [1.165, 1.54) is 0 Å². The number of anilines is 1. The number of urea groups is 1. The number of unbranched alkanes of at least 4 members (excludes halogenated alkanes) is 1. The van der Waals surface area contributed by atoms with E-state index in [-0.39, 0.29) is 12.6 Å². The van der Waals surface area contributed by atoms with Gasteiger partial charge in [-0.05, 0) is 24.1 Å². The van der Waals surface area contributed by atoms with Crippen molar-refractivity contribution in [2.75, 3.05) is 32.1 Å². The fraction of sp³-hybridized carbons (Fsp3) is 0.533. The molecule has 20 heavy (non-hydrogen) atoms. The number of rotatable bonds is 8. The first kappa shape index (κ1) is 16.5. The third kappa shape index (κ3) is 5.59. The number of aliphatic hydroxyl groups is 1. The van der Waals surface area contributed by atoms with Gasteiger partial charge in [0.1, 0.15) is 0 Å². The molecule has 0 radical (unpaired) electrons. The molecule has 5 heteroatoms. The summed E-state index contributed by atoms with van der Waals surface area (Å²) in [6, 6.07) is 7.38. The van der Waals surface area contributed by atoms with E-state index in [0.717, 1.165) is 24.1 Å². The van der Waals surface area contributed by atoms with Crippen LogP contribution in [0.2, 0.25) is 0 Å². The third-order valence-electron chi connectivity index (χ3n) is 2.93. The number of nitrogens with one attached hydrogen (secondary N) is 1. The maximum atomic E-state index is 12.2. The van der Waals surface area contributed by atoms with Gasteiger partial charge in [-0.15, -0.1) is 0 Å². The van der Waals surface area contributed by atoms with Crippen molar-refractivity contribution >= 4 is 11.7 Å². The van der Waals surface area contributed by atoms with Gasteiger partial charge in [0.2, 0.25) is 0 Å². The van der Waals surface area contributed by atoms with Gasteiger partial charge in [-0.25, -0.2) is 4.79 Å². The average molecular weight is 280 g/mol. The summed E-state index contributed by atoms with van der Waals surface area (Å²) in [5.41, 5.74) is 1.75. The summed E-state index contributed by atoms with van der Waals surface area (Å²) >= 11 is 0. The molecule has 0 aliphatic carbocycles. The first-order valence-electron chi connectivity index (χ1n) is 6.96. The number of hydrogen-bond acceptors (Lipinski definition) is 3. The molecule has 0 saturated heterocycles. The van der Waals surface area contributed by atoms with Crippen LogP contribution in [0.1, 0.15) is 25.3 Å². The number of benzene rings is 1. The monoisotopic (exact) mass is 280 g/mol. The Balaban J connectivity index is 2.64. The van der Waals surface area contributed by atoms with Gasteiger partial charge >= 0.3 is 6.03 Å². The highest BCUT2D eigenvalue weighted by Gasteiger charge is 2.12. The molecule has 0 unspecified atom stereocenters. The number of nitrogens with zero attached hydrogens (tertiary/aromatic N) is 1. The largest absolute Gasteiger partial charge is 0.395 e. The molecule has 0 heterocycles. The number of hydrogen-bond donors (Lipinski definition) is 2. The van der Waals surface area contributed by atoms with Crippen molar-refractivity contribution in [1.82, 2.24) is 4.90 Å². The zero-order valence-corrected chi connectivity index (χ0v) is 12.3. The fourth-order valence-corrected chi connectivity index (χ4v) is 1.89. The van der Waals surface area contributed by atoms with Crippen LogP contribution in [0.25, 0.3) is 0 Å². The number of carbonyl (C=O) groups excluding carboxylic acids is 1. The van der Waals surface area contributed by atoms with E-state index in [0.29, 0.717) is 19.7 Å². The molecule has 1 aromatic carbocycles. The highest BCUT2D eigenvalue weighted by Crippen LogP contribution is 2.12. The lowest BCUT2D eigenvalue weighted by molar-refractivity contribution is 0.184. The molecule has 2 amide bonds. The highest BCUT2D eigenvalue weighted by molar-refractivity contribution is 5.89. The Kier molecular flexibility index (Phi) is 7.69. The predicted octanol–water partition coefficient (Wildman–Crippen LogP) is 2.46. The Morgan fingerprint density at radius 1 is 1.40 bits per heavy atom. The van der Waals surface area contributed by atoms with Gasteiger partial charge in [-0.2, -0.15) is 0 Å². The second-order valence-corrected chi connectivity index (χ2v) is 4.63. The number of aliphatic hydroxyl groups excluding tert-OH is 1. The lowest BCUT2D eigenvalue weighted by atomic mass is 10.2. The van der Waals surface area contributed by atoms with E-state index in [4.69, 9.17) is 9.84 Å². The van der Waals surface area contributed by atoms with Crippen LogP contribution in [0.15, 0.2) is 24.3 Å². The Morgan fingerprint density at radius 3 is 2.85 bits per heavy atom. The molecular weight excluding hydrogens is 256 g/mol. The first-order valence-corrected chi connectivity index (χ1v) is 6.96. The molecule has 0 bridgehead atoms. The maximum absolute atomic E-state index is 12.2. The van der Waals surface area contributed by atoms with Gasteiger partial charge < -0.3 is 20.1 Å². The Bertz CT molecular complexity index is 410. The van der Waals surface area contributed by atoms with Gasteiger partial charge in [0.05, 0.1) is 13.2 Å². The van der Waals surface area contributed by atoms with Crippen LogP contribution in [0, 0.1) is 0 Å². The summed E-state index contributed by atoms with van der Waals surface area (Å²) < 4.78 is 5.07. The van der Waals surface area contributed by atoms with Crippen molar-refractivity contribution in [2.24, 2.45) is 0 Å². The van der Waals surface area contributed by atoms with Crippen LogP contribution in [-0.2, 0) is 11.3 Å². The minimum atomic E-state index is -0.179. The number of amides is 2. The van der Waals surface area contributed by atoms with Crippen molar-refractivity contribution in [2.45, 2.75) is 26.4 Å². The molecule has 2 N–H and O–H groups in total. The zero-order valence-electron chi connectivity index (χ0n) is 12.3. The Labute approximate surface area is 120 Å². The highest BCUT2D eigenvalue weighted by atomic mass is 16.5. The Hall–Kier alpha value is -1.59. The van der Waals surface area contributed by atoms with Crippen molar-refractivity contribution in [1.29, 1.82) is 0 Å². The number of carbonyl (C=O) groups is 1. The quantitative estimate of drug-likeness (QED) is 0.769. The molecule has 0 fully saturated rings. The molecule has 1 aromatic rings. The number of ether oxygens (including phenoxy) is 1. The van der Waals surface area contributed by atoms with Crippen LogP contribution in [0.5, 0.6) is 0 Å². The van der Waals surface area contributed by atoms with Crippen LogP contribution in [0.4, 0.5) is 10.5 Å². The van der Waals surface area contributed by atoms with E-state index in [9.17, 15) is 4.79 Å². The molecule has 0 aromatic heterocycles. The first-order chi connectivity index (χ1) is 9.71. The summed E-state index contributed by atoms with van der Waals surface area (Å²) in [6.45, 7) is 3.56. The molecule has 0 aliphatic rings. The maximum Gasteiger partial charge on any atom is 0.321 e. The summed E-state index contributed by atoms with van der Waals surface area (Å²) in [6.07, 6.45) is 1.94. The van der Waals surface area contributed by atoms with Crippen LogP contribution < -0.4 is 5.32 Å². The zero-order chi connectivity index (χ0) is 14.8. The fourth-order valence-electron chi connectivity index (χ4n) is 1.89. The molecule has 112 valence electrons. The Morgan fingerprint density at radius 2 is 2.20 bits per heavy atom. The molecule has 0 saturated carbocycles. The molecular formula is C15H24N2O3. The van der Waals surface area contributed by atoms with E-state index in [2.05, 4.69) is 12.2 Å². The van der Waals surface area contributed by atoms with Gasteiger partial charge in [0.15, 0.2) is 0 Å².